The van der Waals surface area contributed by atoms with Gasteiger partial charge in [0.1, 0.15) is 0 Å². The summed E-state index contributed by atoms with van der Waals surface area (Å²) in [5.41, 5.74) is 5.20. The number of nitrogens with zero attached hydrogens (tertiary/aromatic N) is 2. The second-order valence-electron chi connectivity index (χ2n) is 9.31. The Labute approximate surface area is 226 Å². The lowest BCUT2D eigenvalue weighted by molar-refractivity contribution is -0.136. The maximum atomic E-state index is 13.1. The van der Waals surface area contributed by atoms with Crippen LogP contribution in [0.1, 0.15) is 23.6 Å². The van der Waals surface area contributed by atoms with Crippen LogP contribution in [0.15, 0.2) is 66.7 Å². The van der Waals surface area contributed by atoms with E-state index in [4.69, 9.17) is 16.7 Å². The second kappa shape index (κ2) is 11.5. The first-order chi connectivity index (χ1) is 18.1. The summed E-state index contributed by atoms with van der Waals surface area (Å²) in [6, 6.07) is 19.7. The molecule has 3 N–H and O–H groups in total. The molecular weight excluding hydrogens is 504 g/mol. The van der Waals surface area contributed by atoms with Gasteiger partial charge in [-0.3, -0.25) is 14.4 Å². The number of fused-ring (bicyclic) bond motifs is 1. The van der Waals surface area contributed by atoms with Crippen LogP contribution in [-0.2, 0) is 20.8 Å². The molecule has 8 nitrogen and oxygen atoms in total. The monoisotopic (exact) mass is 532 g/mol. The second-order valence-corrected chi connectivity index (χ2v) is 9.74. The minimum atomic E-state index is -0.916. The average molecular weight is 533 g/mol. The molecule has 0 aliphatic carbocycles. The van der Waals surface area contributed by atoms with Crippen molar-refractivity contribution in [2.75, 3.05) is 42.7 Å². The van der Waals surface area contributed by atoms with Gasteiger partial charge in [-0.25, -0.2) is 0 Å². The molecule has 0 atom stereocenters. The lowest BCUT2D eigenvalue weighted by atomic mass is 9.98. The molecule has 196 valence electrons. The van der Waals surface area contributed by atoms with E-state index in [9.17, 15) is 14.4 Å². The van der Waals surface area contributed by atoms with Crippen molar-refractivity contribution < 1.29 is 19.5 Å². The van der Waals surface area contributed by atoms with Crippen molar-refractivity contribution in [3.8, 4) is 0 Å². The molecule has 4 rings (SSSR count). The molecule has 0 spiro atoms. The SMILES string of the molecule is CC(=O)N(CCN(C)C)c1ccc(NC(=C2C(=O)Nc3cc(Cl)ccc32)c2ccc(CC(=O)O)cc2)cc1. The van der Waals surface area contributed by atoms with E-state index in [0.29, 0.717) is 45.2 Å². The fourth-order valence-electron chi connectivity index (χ4n) is 4.27. The Morgan fingerprint density at radius 3 is 2.26 bits per heavy atom. The Bertz CT molecular complexity index is 1400. The molecule has 3 aromatic carbocycles. The molecule has 2 amide bonds. The van der Waals surface area contributed by atoms with Crippen LogP contribution in [0.5, 0.6) is 0 Å². The molecule has 1 heterocycles. The first kappa shape index (κ1) is 26.9. The summed E-state index contributed by atoms with van der Waals surface area (Å²) < 4.78 is 0. The molecule has 1 aliphatic heterocycles. The Morgan fingerprint density at radius 1 is 0.974 bits per heavy atom. The summed E-state index contributed by atoms with van der Waals surface area (Å²) in [6.45, 7) is 2.83. The van der Waals surface area contributed by atoms with Crippen molar-refractivity contribution >= 4 is 57.7 Å². The van der Waals surface area contributed by atoms with Crippen molar-refractivity contribution in [2.24, 2.45) is 0 Å². The molecule has 0 fully saturated rings. The number of halogens is 1. The highest BCUT2D eigenvalue weighted by Gasteiger charge is 2.28. The molecule has 0 saturated carbocycles. The predicted octanol–water partition coefficient (Wildman–Crippen LogP) is 4.81. The van der Waals surface area contributed by atoms with Crippen LogP contribution in [0.25, 0.3) is 11.3 Å². The van der Waals surface area contributed by atoms with Crippen LogP contribution in [0.3, 0.4) is 0 Å². The van der Waals surface area contributed by atoms with E-state index in [1.165, 1.54) is 0 Å². The number of hydrogen-bond donors (Lipinski definition) is 3. The summed E-state index contributed by atoms with van der Waals surface area (Å²) in [5, 5.41) is 15.9. The zero-order valence-corrected chi connectivity index (χ0v) is 22.2. The number of likely N-dealkylation sites (N-methyl/N-ethyl adjacent to an activating group) is 1. The Morgan fingerprint density at radius 2 is 1.66 bits per heavy atom. The number of carbonyl (C=O) groups is 3. The Balaban J connectivity index is 1.72. The molecule has 1 aliphatic rings. The van der Waals surface area contributed by atoms with Crippen LogP contribution >= 0.6 is 11.6 Å². The van der Waals surface area contributed by atoms with E-state index in [0.717, 1.165) is 17.9 Å². The number of carboxylic acids is 1. The van der Waals surface area contributed by atoms with Gasteiger partial charge in [-0.1, -0.05) is 41.9 Å². The third kappa shape index (κ3) is 6.22. The number of carbonyl (C=O) groups excluding carboxylic acids is 2. The van der Waals surface area contributed by atoms with Crippen LogP contribution in [-0.4, -0.2) is 55.0 Å². The first-order valence-corrected chi connectivity index (χ1v) is 12.5. The predicted molar refractivity (Wildman–Crippen MR) is 151 cm³/mol. The van der Waals surface area contributed by atoms with Crippen LogP contribution < -0.4 is 15.5 Å². The number of anilines is 3. The molecule has 0 aromatic heterocycles. The van der Waals surface area contributed by atoms with Gasteiger partial charge in [0.25, 0.3) is 5.91 Å². The first-order valence-electron chi connectivity index (χ1n) is 12.1. The van der Waals surface area contributed by atoms with Gasteiger partial charge in [0, 0.05) is 42.0 Å². The highest BCUT2D eigenvalue weighted by atomic mass is 35.5. The average Bonchev–Trinajstić information content (AvgIpc) is 3.17. The van der Waals surface area contributed by atoms with Gasteiger partial charge in [0.05, 0.1) is 23.4 Å². The zero-order valence-electron chi connectivity index (χ0n) is 21.4. The number of hydrogen-bond acceptors (Lipinski definition) is 5. The van der Waals surface area contributed by atoms with Crippen molar-refractivity contribution in [3.05, 3.63) is 88.4 Å². The number of rotatable bonds is 9. The van der Waals surface area contributed by atoms with Gasteiger partial charge in [-0.2, -0.15) is 0 Å². The van der Waals surface area contributed by atoms with Gasteiger partial charge in [0.15, 0.2) is 0 Å². The largest absolute Gasteiger partial charge is 0.481 e. The number of amides is 2. The van der Waals surface area contributed by atoms with Gasteiger partial charge < -0.3 is 25.5 Å². The number of carboxylic acid groups (broad SMARTS) is 1. The zero-order chi connectivity index (χ0) is 27.4. The smallest absolute Gasteiger partial charge is 0.307 e. The lowest BCUT2D eigenvalue weighted by Crippen LogP contribution is -2.35. The molecule has 38 heavy (non-hydrogen) atoms. The lowest BCUT2D eigenvalue weighted by Gasteiger charge is -2.23. The Hall–Kier alpha value is -4.14. The Kier molecular flexibility index (Phi) is 8.14. The fraction of sp³-hybridized carbons (Fsp3) is 0.207. The minimum absolute atomic E-state index is 0.0466. The summed E-state index contributed by atoms with van der Waals surface area (Å²) in [6.07, 6.45) is -0.0939. The normalized spacial score (nSPS) is 13.7. The molecule has 0 bridgehead atoms. The molecule has 0 unspecified atom stereocenters. The van der Waals surface area contributed by atoms with E-state index in [1.807, 2.05) is 43.3 Å². The van der Waals surface area contributed by atoms with Crippen LogP contribution in [0.2, 0.25) is 5.02 Å². The summed E-state index contributed by atoms with van der Waals surface area (Å²) >= 11 is 6.14. The molecule has 3 aromatic rings. The van der Waals surface area contributed by atoms with Crippen LogP contribution in [0.4, 0.5) is 17.1 Å². The number of benzene rings is 3. The maximum Gasteiger partial charge on any atom is 0.307 e. The minimum Gasteiger partial charge on any atom is -0.481 e. The molecule has 9 heteroatoms. The molecule has 0 radical (unpaired) electrons. The van der Waals surface area contributed by atoms with Gasteiger partial charge >= 0.3 is 5.97 Å². The third-order valence-electron chi connectivity index (χ3n) is 6.17. The van der Waals surface area contributed by atoms with E-state index in [-0.39, 0.29) is 18.2 Å². The van der Waals surface area contributed by atoms with Gasteiger partial charge in [0.2, 0.25) is 5.91 Å². The topological polar surface area (TPSA) is 102 Å². The quantitative estimate of drug-likeness (QED) is 0.342. The molecular formula is C29H29ClN4O4. The summed E-state index contributed by atoms with van der Waals surface area (Å²) in [4.78, 5) is 40.2. The third-order valence-corrected chi connectivity index (χ3v) is 6.41. The number of aliphatic carboxylic acids is 1. The van der Waals surface area contributed by atoms with Crippen molar-refractivity contribution in [2.45, 2.75) is 13.3 Å². The van der Waals surface area contributed by atoms with E-state index >= 15 is 0 Å². The van der Waals surface area contributed by atoms with Gasteiger partial charge in [-0.05, 0) is 61.6 Å². The fourth-order valence-corrected chi connectivity index (χ4v) is 4.45. The van der Waals surface area contributed by atoms with E-state index < -0.39 is 5.97 Å². The standard InChI is InChI=1S/C29H29ClN4O4/c1-18(35)34(15-14-33(2)3)23-11-9-22(10-12-23)31-28(20-6-4-19(5-7-20)16-26(36)37)27-24-13-8-21(30)17-25(24)32-29(27)38/h4-13,17,31H,14-16H2,1-3H3,(H,32,38)(H,36,37). The summed E-state index contributed by atoms with van der Waals surface area (Å²) in [7, 11) is 3.92. The van der Waals surface area contributed by atoms with E-state index in [1.54, 1.807) is 54.3 Å². The van der Waals surface area contributed by atoms with Crippen molar-refractivity contribution in [3.63, 3.8) is 0 Å². The summed E-state index contributed by atoms with van der Waals surface area (Å²) in [5.74, 6) is -1.24. The maximum absolute atomic E-state index is 13.1. The number of nitrogens with one attached hydrogen (secondary N) is 2. The highest BCUT2D eigenvalue weighted by molar-refractivity contribution is 6.38. The highest BCUT2D eigenvalue weighted by Crippen LogP contribution is 2.39. The van der Waals surface area contributed by atoms with Crippen LogP contribution in [0, 0.1) is 0 Å². The van der Waals surface area contributed by atoms with E-state index in [2.05, 4.69) is 10.6 Å². The molecule has 0 saturated heterocycles. The van der Waals surface area contributed by atoms with Crippen molar-refractivity contribution in [1.29, 1.82) is 0 Å². The van der Waals surface area contributed by atoms with Gasteiger partial charge in [-0.15, -0.1) is 0 Å². The van der Waals surface area contributed by atoms with Crippen molar-refractivity contribution in [1.82, 2.24) is 4.90 Å².